The van der Waals surface area contributed by atoms with Gasteiger partial charge in [0.1, 0.15) is 11.2 Å². The SMILES string of the molecule is CCn1c(-c2csc(N)n2)nc2c(F)cccc21. The number of nitrogens with zero attached hydrogens (tertiary/aromatic N) is 3. The maximum Gasteiger partial charge on any atom is 0.180 e. The van der Waals surface area contributed by atoms with Gasteiger partial charge >= 0.3 is 0 Å². The van der Waals surface area contributed by atoms with E-state index in [0.717, 1.165) is 5.52 Å². The zero-order valence-electron chi connectivity index (χ0n) is 9.72. The molecule has 2 aromatic heterocycles. The Morgan fingerprint density at radius 3 is 2.89 bits per heavy atom. The van der Waals surface area contributed by atoms with Crippen molar-refractivity contribution in [3.05, 3.63) is 29.4 Å². The summed E-state index contributed by atoms with van der Waals surface area (Å²) in [7, 11) is 0. The molecule has 0 unspecified atom stereocenters. The normalized spacial score (nSPS) is 11.2. The van der Waals surface area contributed by atoms with Gasteiger partial charge in [0.15, 0.2) is 16.8 Å². The number of anilines is 1. The predicted molar refractivity (Wildman–Crippen MR) is 70.9 cm³/mol. The van der Waals surface area contributed by atoms with Crippen LogP contribution in [0.3, 0.4) is 0 Å². The van der Waals surface area contributed by atoms with Crippen LogP contribution in [0.4, 0.5) is 9.52 Å². The number of nitrogen functional groups attached to an aromatic ring is 1. The number of fused-ring (bicyclic) bond motifs is 1. The van der Waals surface area contributed by atoms with Crippen molar-refractivity contribution in [3.8, 4) is 11.5 Å². The molecule has 92 valence electrons. The second-order valence-corrected chi connectivity index (χ2v) is 4.75. The van der Waals surface area contributed by atoms with Gasteiger partial charge in [0.25, 0.3) is 0 Å². The lowest BCUT2D eigenvalue weighted by molar-refractivity contribution is 0.637. The van der Waals surface area contributed by atoms with E-state index in [1.807, 2.05) is 22.9 Å². The molecule has 18 heavy (non-hydrogen) atoms. The summed E-state index contributed by atoms with van der Waals surface area (Å²) in [6.45, 7) is 2.69. The minimum atomic E-state index is -0.316. The molecule has 0 radical (unpaired) electrons. The van der Waals surface area contributed by atoms with Crippen LogP contribution >= 0.6 is 11.3 Å². The van der Waals surface area contributed by atoms with Crippen molar-refractivity contribution in [1.29, 1.82) is 0 Å². The number of halogens is 1. The summed E-state index contributed by atoms with van der Waals surface area (Å²) in [5.41, 5.74) is 7.47. The molecule has 0 bridgehead atoms. The highest BCUT2D eigenvalue weighted by atomic mass is 32.1. The molecule has 0 spiro atoms. The summed E-state index contributed by atoms with van der Waals surface area (Å²) >= 11 is 1.35. The number of aryl methyl sites for hydroxylation is 1. The number of aromatic nitrogens is 3. The van der Waals surface area contributed by atoms with E-state index < -0.39 is 0 Å². The molecular formula is C12H11FN4S. The Balaban J connectivity index is 2.32. The van der Waals surface area contributed by atoms with E-state index >= 15 is 0 Å². The van der Waals surface area contributed by atoms with Gasteiger partial charge in [-0.05, 0) is 19.1 Å². The van der Waals surface area contributed by atoms with Crippen LogP contribution in [0.25, 0.3) is 22.6 Å². The highest BCUT2D eigenvalue weighted by Crippen LogP contribution is 2.27. The fourth-order valence-corrected chi connectivity index (χ4v) is 2.56. The Bertz CT molecular complexity index is 716. The van der Waals surface area contributed by atoms with Crippen molar-refractivity contribution in [1.82, 2.24) is 14.5 Å². The average molecular weight is 262 g/mol. The molecule has 2 N–H and O–H groups in total. The second-order valence-electron chi connectivity index (χ2n) is 3.86. The molecule has 1 aromatic carbocycles. The molecule has 2 heterocycles. The molecule has 0 saturated heterocycles. The monoisotopic (exact) mass is 262 g/mol. The Kier molecular flexibility index (Phi) is 2.52. The number of imidazole rings is 1. The smallest absolute Gasteiger partial charge is 0.180 e. The largest absolute Gasteiger partial charge is 0.375 e. The van der Waals surface area contributed by atoms with Gasteiger partial charge in [0, 0.05) is 11.9 Å². The van der Waals surface area contributed by atoms with Gasteiger partial charge in [0.2, 0.25) is 0 Å². The fourth-order valence-electron chi connectivity index (χ4n) is 2.02. The number of thiazole rings is 1. The summed E-state index contributed by atoms with van der Waals surface area (Å²) in [5, 5.41) is 2.32. The molecule has 0 fully saturated rings. The van der Waals surface area contributed by atoms with Gasteiger partial charge in [-0.1, -0.05) is 6.07 Å². The number of rotatable bonds is 2. The summed E-state index contributed by atoms with van der Waals surface area (Å²) in [5.74, 6) is 0.342. The second kappa shape index (κ2) is 4.06. The van der Waals surface area contributed by atoms with Crippen molar-refractivity contribution in [2.75, 3.05) is 5.73 Å². The van der Waals surface area contributed by atoms with Crippen LogP contribution in [0.5, 0.6) is 0 Å². The zero-order chi connectivity index (χ0) is 12.7. The molecule has 0 aliphatic rings. The minimum Gasteiger partial charge on any atom is -0.375 e. The molecule has 0 aliphatic carbocycles. The van der Waals surface area contributed by atoms with E-state index in [2.05, 4.69) is 9.97 Å². The topological polar surface area (TPSA) is 56.7 Å². The van der Waals surface area contributed by atoms with Crippen molar-refractivity contribution < 1.29 is 4.39 Å². The Hall–Kier alpha value is -1.95. The van der Waals surface area contributed by atoms with E-state index in [-0.39, 0.29) is 5.82 Å². The molecule has 0 saturated carbocycles. The van der Waals surface area contributed by atoms with Crippen LogP contribution in [0, 0.1) is 5.82 Å². The quantitative estimate of drug-likeness (QED) is 0.772. The van der Waals surface area contributed by atoms with Crippen molar-refractivity contribution in [3.63, 3.8) is 0 Å². The van der Waals surface area contributed by atoms with Gasteiger partial charge in [-0.2, -0.15) is 0 Å². The standard InChI is InChI=1S/C12H11FN4S/c1-2-17-9-5-3-4-7(13)10(9)16-11(17)8-6-18-12(14)15-8/h3-6H,2H2,1H3,(H2,14,15). The lowest BCUT2D eigenvalue weighted by Crippen LogP contribution is -1.97. The van der Waals surface area contributed by atoms with Crippen LogP contribution in [0.2, 0.25) is 0 Å². The maximum absolute atomic E-state index is 13.7. The first kappa shape index (κ1) is 11.2. The third-order valence-electron chi connectivity index (χ3n) is 2.80. The minimum absolute atomic E-state index is 0.316. The fraction of sp³-hybridized carbons (Fsp3) is 0.167. The van der Waals surface area contributed by atoms with Gasteiger partial charge in [-0.3, -0.25) is 0 Å². The predicted octanol–water partition coefficient (Wildman–Crippen LogP) is 2.90. The lowest BCUT2D eigenvalue weighted by Gasteiger charge is -2.03. The van der Waals surface area contributed by atoms with Gasteiger partial charge in [-0.15, -0.1) is 11.3 Å². The van der Waals surface area contributed by atoms with Gasteiger partial charge in [-0.25, -0.2) is 14.4 Å². The third-order valence-corrected chi connectivity index (χ3v) is 3.47. The Labute approximate surface area is 107 Å². The Morgan fingerprint density at radius 2 is 2.22 bits per heavy atom. The van der Waals surface area contributed by atoms with E-state index in [9.17, 15) is 4.39 Å². The van der Waals surface area contributed by atoms with E-state index in [0.29, 0.717) is 28.7 Å². The molecule has 0 atom stereocenters. The number of hydrogen-bond donors (Lipinski definition) is 1. The number of hydrogen-bond acceptors (Lipinski definition) is 4. The third kappa shape index (κ3) is 1.57. The first-order valence-corrected chi connectivity index (χ1v) is 6.44. The van der Waals surface area contributed by atoms with Crippen LogP contribution in [-0.2, 0) is 6.54 Å². The highest BCUT2D eigenvalue weighted by Gasteiger charge is 2.15. The molecule has 3 aromatic rings. The molecule has 0 aliphatic heterocycles. The summed E-state index contributed by atoms with van der Waals surface area (Å²) in [4.78, 5) is 8.55. The summed E-state index contributed by atoms with van der Waals surface area (Å²) in [6, 6.07) is 4.95. The van der Waals surface area contributed by atoms with Crippen molar-refractivity contribution in [2.45, 2.75) is 13.5 Å². The molecule has 3 rings (SSSR count). The molecule has 6 heteroatoms. The van der Waals surface area contributed by atoms with Crippen LogP contribution in [0.1, 0.15) is 6.92 Å². The lowest BCUT2D eigenvalue weighted by atomic mass is 10.3. The number of nitrogens with two attached hydrogens (primary N) is 1. The first-order valence-electron chi connectivity index (χ1n) is 5.57. The van der Waals surface area contributed by atoms with E-state index in [1.54, 1.807) is 6.07 Å². The molecule has 0 amide bonds. The van der Waals surface area contributed by atoms with Crippen LogP contribution in [-0.4, -0.2) is 14.5 Å². The highest BCUT2D eigenvalue weighted by molar-refractivity contribution is 7.13. The summed E-state index contributed by atoms with van der Waals surface area (Å²) < 4.78 is 15.7. The molecular weight excluding hydrogens is 251 g/mol. The number of para-hydroxylation sites is 1. The van der Waals surface area contributed by atoms with Crippen LogP contribution < -0.4 is 5.73 Å². The van der Waals surface area contributed by atoms with E-state index in [4.69, 9.17) is 5.73 Å². The van der Waals surface area contributed by atoms with E-state index in [1.165, 1.54) is 17.4 Å². The van der Waals surface area contributed by atoms with Crippen LogP contribution in [0.15, 0.2) is 23.6 Å². The molecule has 4 nitrogen and oxygen atoms in total. The maximum atomic E-state index is 13.7. The summed E-state index contributed by atoms with van der Waals surface area (Å²) in [6.07, 6.45) is 0. The first-order chi connectivity index (χ1) is 8.70. The number of benzene rings is 1. The van der Waals surface area contributed by atoms with Gasteiger partial charge < -0.3 is 10.3 Å². The van der Waals surface area contributed by atoms with Gasteiger partial charge in [0.05, 0.1) is 5.52 Å². The zero-order valence-corrected chi connectivity index (χ0v) is 10.5. The van der Waals surface area contributed by atoms with Crippen molar-refractivity contribution >= 4 is 27.5 Å². The van der Waals surface area contributed by atoms with Crippen molar-refractivity contribution in [2.24, 2.45) is 0 Å². The average Bonchev–Trinajstić information content (AvgIpc) is 2.93. The Morgan fingerprint density at radius 1 is 1.39 bits per heavy atom.